The van der Waals surface area contributed by atoms with Crippen molar-refractivity contribution in [3.8, 4) is 0 Å². The van der Waals surface area contributed by atoms with Gasteiger partial charge in [0.05, 0.1) is 0 Å². The molecular weight excluding hydrogens is 188 g/mol. The van der Waals surface area contributed by atoms with Gasteiger partial charge in [-0.3, -0.25) is 9.69 Å². The van der Waals surface area contributed by atoms with Crippen LogP contribution in [0, 0.1) is 5.92 Å². The Morgan fingerprint density at radius 3 is 3.15 bits per heavy atom. The van der Waals surface area contributed by atoms with Crippen molar-refractivity contribution in [1.82, 2.24) is 9.36 Å². The highest BCUT2D eigenvalue weighted by molar-refractivity contribution is 7.09. The maximum absolute atomic E-state index is 11.5. The largest absolute Gasteiger partial charge is 0.330 e. The van der Waals surface area contributed by atoms with Gasteiger partial charge in [0.1, 0.15) is 6.33 Å². The van der Waals surface area contributed by atoms with Gasteiger partial charge in [-0.25, -0.2) is 4.98 Å². The van der Waals surface area contributed by atoms with E-state index in [1.807, 2.05) is 0 Å². The molecule has 2 N–H and O–H groups in total. The van der Waals surface area contributed by atoms with E-state index in [0.29, 0.717) is 24.6 Å². The fourth-order valence-corrected chi connectivity index (χ4v) is 1.97. The number of rotatable bonds is 2. The van der Waals surface area contributed by atoms with Crippen molar-refractivity contribution in [1.29, 1.82) is 0 Å². The molecule has 70 valence electrons. The van der Waals surface area contributed by atoms with Crippen molar-refractivity contribution in [2.24, 2.45) is 11.7 Å². The molecular formula is C7H10N4OS. The van der Waals surface area contributed by atoms with Gasteiger partial charge in [-0.05, 0) is 12.5 Å². The van der Waals surface area contributed by atoms with Crippen molar-refractivity contribution in [2.75, 3.05) is 18.0 Å². The van der Waals surface area contributed by atoms with Crippen molar-refractivity contribution in [3.05, 3.63) is 6.33 Å². The molecule has 5 nitrogen and oxygen atoms in total. The molecule has 2 heterocycles. The first-order chi connectivity index (χ1) is 6.31. The van der Waals surface area contributed by atoms with Crippen molar-refractivity contribution in [3.63, 3.8) is 0 Å². The average Bonchev–Trinajstić information content (AvgIpc) is 2.72. The predicted molar refractivity (Wildman–Crippen MR) is 49.4 cm³/mol. The number of carbonyl (C=O) groups excluding carboxylic acids is 1. The number of nitrogens with two attached hydrogens (primary N) is 1. The average molecular weight is 198 g/mol. The van der Waals surface area contributed by atoms with Gasteiger partial charge in [0.25, 0.3) is 0 Å². The minimum absolute atomic E-state index is 0.104. The summed E-state index contributed by atoms with van der Waals surface area (Å²) in [6, 6.07) is 0. The van der Waals surface area contributed by atoms with Crippen LogP contribution in [0.15, 0.2) is 6.33 Å². The molecule has 13 heavy (non-hydrogen) atoms. The summed E-state index contributed by atoms with van der Waals surface area (Å²) in [4.78, 5) is 17.1. The third-order valence-corrected chi connectivity index (χ3v) is 2.81. The first-order valence-corrected chi connectivity index (χ1v) is 4.85. The Kier molecular flexibility index (Phi) is 2.24. The van der Waals surface area contributed by atoms with Crippen LogP contribution in [0.4, 0.5) is 5.13 Å². The summed E-state index contributed by atoms with van der Waals surface area (Å²) in [5.41, 5.74) is 5.50. The number of hydrogen-bond acceptors (Lipinski definition) is 5. The third kappa shape index (κ3) is 1.54. The second-order valence-electron chi connectivity index (χ2n) is 3.03. The monoisotopic (exact) mass is 198 g/mol. The summed E-state index contributed by atoms with van der Waals surface area (Å²) in [6.07, 6.45) is 2.00. The Balaban J connectivity index is 2.14. The summed E-state index contributed by atoms with van der Waals surface area (Å²) in [6.45, 7) is 1.24. The minimum atomic E-state index is 0.104. The van der Waals surface area contributed by atoms with Gasteiger partial charge >= 0.3 is 0 Å². The van der Waals surface area contributed by atoms with Crippen LogP contribution in [0.3, 0.4) is 0 Å². The lowest BCUT2D eigenvalue weighted by Crippen LogP contribution is -2.25. The Bertz CT molecular complexity index is 299. The van der Waals surface area contributed by atoms with Crippen LogP contribution in [0.2, 0.25) is 0 Å². The normalized spacial score (nSPS) is 22.7. The van der Waals surface area contributed by atoms with E-state index >= 15 is 0 Å². The summed E-state index contributed by atoms with van der Waals surface area (Å²) < 4.78 is 3.86. The number of hydrogen-bond donors (Lipinski definition) is 1. The van der Waals surface area contributed by atoms with Crippen LogP contribution in [-0.4, -0.2) is 28.4 Å². The van der Waals surface area contributed by atoms with Crippen molar-refractivity contribution in [2.45, 2.75) is 6.42 Å². The fraction of sp³-hybridized carbons (Fsp3) is 0.571. The highest BCUT2D eigenvalue weighted by Crippen LogP contribution is 2.24. The predicted octanol–water partition coefficient (Wildman–Crippen LogP) is -0.150. The molecule has 1 aliphatic heterocycles. The first kappa shape index (κ1) is 8.58. The summed E-state index contributed by atoms with van der Waals surface area (Å²) in [7, 11) is 0. The molecule has 0 saturated carbocycles. The molecule has 1 aromatic heterocycles. The van der Waals surface area contributed by atoms with Gasteiger partial charge in [0, 0.05) is 24.5 Å². The van der Waals surface area contributed by atoms with E-state index in [9.17, 15) is 4.79 Å². The zero-order chi connectivity index (χ0) is 9.26. The molecule has 0 radical (unpaired) electrons. The highest BCUT2D eigenvalue weighted by atomic mass is 32.1. The maximum atomic E-state index is 11.5. The van der Waals surface area contributed by atoms with Gasteiger partial charge in [0.15, 0.2) is 0 Å². The SMILES string of the molecule is NCC1CC(=O)N(c2ncns2)C1. The standard InChI is InChI=1S/C7H10N4OS/c8-2-5-1-6(12)11(3-5)7-9-4-10-13-7/h4-5H,1-3,8H2. The summed E-state index contributed by atoms with van der Waals surface area (Å²) >= 11 is 1.24. The summed E-state index contributed by atoms with van der Waals surface area (Å²) in [5.74, 6) is 0.378. The second kappa shape index (κ2) is 3.39. The van der Waals surface area contributed by atoms with Crippen LogP contribution < -0.4 is 10.6 Å². The molecule has 1 atom stereocenters. The van der Waals surface area contributed by atoms with Gasteiger partial charge in [-0.2, -0.15) is 4.37 Å². The number of amides is 1. The number of nitrogens with zero attached hydrogens (tertiary/aromatic N) is 3. The van der Waals surface area contributed by atoms with Crippen LogP contribution in [0.5, 0.6) is 0 Å². The van der Waals surface area contributed by atoms with E-state index in [2.05, 4.69) is 9.36 Å². The van der Waals surface area contributed by atoms with E-state index in [1.165, 1.54) is 17.9 Å². The van der Waals surface area contributed by atoms with E-state index in [4.69, 9.17) is 5.73 Å². The smallest absolute Gasteiger partial charge is 0.229 e. The molecule has 0 aliphatic carbocycles. The van der Waals surface area contributed by atoms with Gasteiger partial charge in [-0.1, -0.05) is 0 Å². The van der Waals surface area contributed by atoms with Crippen LogP contribution in [0.1, 0.15) is 6.42 Å². The molecule has 1 fully saturated rings. The topological polar surface area (TPSA) is 72.1 Å². The van der Waals surface area contributed by atoms with Crippen LogP contribution in [-0.2, 0) is 4.79 Å². The molecule has 1 amide bonds. The first-order valence-electron chi connectivity index (χ1n) is 4.08. The zero-order valence-corrected chi connectivity index (χ0v) is 7.83. The molecule has 1 unspecified atom stereocenters. The molecule has 0 bridgehead atoms. The Morgan fingerprint density at radius 2 is 2.62 bits per heavy atom. The lowest BCUT2D eigenvalue weighted by Gasteiger charge is -2.10. The molecule has 1 aromatic rings. The maximum Gasteiger partial charge on any atom is 0.229 e. The molecule has 0 aromatic carbocycles. The Morgan fingerprint density at radius 1 is 1.77 bits per heavy atom. The molecule has 2 rings (SSSR count). The third-order valence-electron chi connectivity index (χ3n) is 2.12. The molecule has 0 spiro atoms. The molecule has 1 saturated heterocycles. The van der Waals surface area contributed by atoms with E-state index in [1.54, 1.807) is 4.90 Å². The van der Waals surface area contributed by atoms with E-state index in [-0.39, 0.29) is 11.8 Å². The van der Waals surface area contributed by atoms with Crippen LogP contribution >= 0.6 is 11.5 Å². The summed E-state index contributed by atoms with van der Waals surface area (Å²) in [5, 5.41) is 0.681. The number of aromatic nitrogens is 2. The lowest BCUT2D eigenvalue weighted by molar-refractivity contribution is -0.117. The second-order valence-corrected chi connectivity index (χ2v) is 3.79. The van der Waals surface area contributed by atoms with E-state index < -0.39 is 0 Å². The minimum Gasteiger partial charge on any atom is -0.330 e. The van der Waals surface area contributed by atoms with Gasteiger partial charge in [-0.15, -0.1) is 0 Å². The molecule has 6 heteroatoms. The Labute approximate surface area is 79.7 Å². The van der Waals surface area contributed by atoms with Crippen LogP contribution in [0.25, 0.3) is 0 Å². The quantitative estimate of drug-likeness (QED) is 0.717. The zero-order valence-electron chi connectivity index (χ0n) is 7.01. The van der Waals surface area contributed by atoms with Crippen molar-refractivity contribution < 1.29 is 4.79 Å². The number of anilines is 1. The lowest BCUT2D eigenvalue weighted by atomic mass is 10.1. The van der Waals surface area contributed by atoms with Gasteiger partial charge in [0.2, 0.25) is 11.0 Å². The highest BCUT2D eigenvalue weighted by Gasteiger charge is 2.31. The molecule has 1 aliphatic rings. The van der Waals surface area contributed by atoms with E-state index in [0.717, 1.165) is 0 Å². The fourth-order valence-electron chi connectivity index (χ4n) is 1.41. The Hall–Kier alpha value is -1.01. The van der Waals surface area contributed by atoms with Crippen molar-refractivity contribution >= 4 is 22.6 Å². The number of carbonyl (C=O) groups is 1. The van der Waals surface area contributed by atoms with Gasteiger partial charge < -0.3 is 5.73 Å².